The molecule has 2 heterocycles. The van der Waals surface area contributed by atoms with Gasteiger partial charge in [-0.05, 0) is 78.7 Å². The Balaban J connectivity index is 1.48. The second-order valence-electron chi connectivity index (χ2n) is 10.8. The normalized spacial score (nSPS) is 14.3. The van der Waals surface area contributed by atoms with Crippen molar-refractivity contribution in [3.05, 3.63) is 117 Å². The number of aromatic hydroxyl groups is 2. The summed E-state index contributed by atoms with van der Waals surface area (Å²) in [7, 11) is 0. The highest BCUT2D eigenvalue weighted by Crippen LogP contribution is 2.50. The predicted octanol–water partition coefficient (Wildman–Crippen LogP) is 5.53. The quantitative estimate of drug-likeness (QED) is 0.229. The molecule has 4 aromatic carbocycles. The van der Waals surface area contributed by atoms with Crippen LogP contribution in [0.25, 0.3) is 0 Å². The summed E-state index contributed by atoms with van der Waals surface area (Å²) < 4.78 is 45.5. The maximum atomic E-state index is 15.2. The maximum absolute atomic E-state index is 15.2. The van der Waals surface area contributed by atoms with Gasteiger partial charge in [0.05, 0.1) is 33.6 Å². The number of carbonyl (C=O) groups excluding carboxylic acids is 4. The Morgan fingerprint density at radius 3 is 1.30 bits per heavy atom. The molecule has 0 radical (unpaired) electrons. The molecule has 0 aromatic heterocycles. The van der Waals surface area contributed by atoms with E-state index in [0.717, 1.165) is 43.3 Å². The van der Waals surface area contributed by atoms with Gasteiger partial charge in [-0.25, -0.2) is 9.80 Å². The highest BCUT2D eigenvalue weighted by atomic mass is 19.4. The molecule has 0 bridgehead atoms. The van der Waals surface area contributed by atoms with Crippen molar-refractivity contribution >= 4 is 35.0 Å². The molecule has 0 fully saturated rings. The van der Waals surface area contributed by atoms with Crippen molar-refractivity contribution in [3.63, 3.8) is 0 Å². The monoisotopic (exact) mass is 620 g/mol. The van der Waals surface area contributed by atoms with E-state index in [1.165, 1.54) is 36.4 Å². The van der Waals surface area contributed by atoms with Gasteiger partial charge in [0, 0.05) is 23.3 Å². The van der Waals surface area contributed by atoms with Crippen LogP contribution in [0.3, 0.4) is 0 Å². The van der Waals surface area contributed by atoms with Crippen LogP contribution in [-0.2, 0) is 5.41 Å². The fraction of sp³-hybridized carbons (Fsp3) is 0.0857. The molecule has 0 unspecified atom stereocenters. The molecule has 0 aliphatic carbocycles. The van der Waals surface area contributed by atoms with Gasteiger partial charge in [-0.2, -0.15) is 13.2 Å². The number of fused-ring (bicyclic) bond motifs is 2. The van der Waals surface area contributed by atoms with Crippen molar-refractivity contribution in [2.45, 2.75) is 18.5 Å². The summed E-state index contributed by atoms with van der Waals surface area (Å²) in [6.45, 7) is 0.757. The smallest absolute Gasteiger partial charge is 0.402 e. The highest BCUT2D eigenvalue weighted by molar-refractivity contribution is 6.35. The minimum absolute atomic E-state index is 0.0274. The summed E-state index contributed by atoms with van der Waals surface area (Å²) >= 11 is 0. The molecule has 4 aromatic rings. The zero-order valence-electron chi connectivity index (χ0n) is 23.6. The number of amides is 4. The number of benzene rings is 4. The van der Waals surface area contributed by atoms with E-state index in [4.69, 9.17) is 12.8 Å². The number of anilines is 2. The molecule has 6 rings (SSSR count). The van der Waals surface area contributed by atoms with Crippen LogP contribution in [0.1, 0.15) is 70.6 Å². The fourth-order valence-corrected chi connectivity index (χ4v) is 5.65. The SMILES string of the molecule is C#Cc1ccc2c(c1)C(=O)N(c1cc(O)cc(C(C)(c3cc(O)cc(N4C(=O)c5ccc(C#C)cc5C4=O)c3)C(F)(F)F)c1)C2=O. The lowest BCUT2D eigenvalue weighted by Gasteiger charge is -2.34. The maximum Gasteiger partial charge on any atom is 0.402 e. The number of rotatable bonds is 4. The van der Waals surface area contributed by atoms with E-state index in [-0.39, 0.29) is 33.6 Å². The van der Waals surface area contributed by atoms with E-state index in [2.05, 4.69) is 11.8 Å². The second-order valence-corrected chi connectivity index (χ2v) is 10.8. The highest BCUT2D eigenvalue weighted by Gasteiger charge is 2.54. The summed E-state index contributed by atoms with van der Waals surface area (Å²) in [6.07, 6.45) is 5.67. The summed E-state index contributed by atoms with van der Waals surface area (Å²) in [4.78, 5) is 54.2. The van der Waals surface area contributed by atoms with Crippen molar-refractivity contribution < 1.29 is 42.6 Å². The van der Waals surface area contributed by atoms with Crippen LogP contribution in [0, 0.1) is 24.7 Å². The Kier molecular flexibility index (Phi) is 6.53. The van der Waals surface area contributed by atoms with Crippen molar-refractivity contribution in [3.8, 4) is 36.2 Å². The minimum Gasteiger partial charge on any atom is -0.508 e. The summed E-state index contributed by atoms with van der Waals surface area (Å²) in [5.74, 6) is -0.115. The standard InChI is InChI=1S/C35H19F3N2O6/c1-4-18-6-8-26-28(10-18)32(45)39(30(26)43)22-12-20(14-24(41)16-22)34(3,35(36,37)38)21-13-23(17-25(42)15-21)40-31(44)27-9-7-19(5-2)11-29(27)33(40)46/h1-2,6-17,41-42H,3H3. The molecule has 8 nitrogen and oxygen atoms in total. The van der Waals surface area contributed by atoms with Gasteiger partial charge in [-0.1, -0.05) is 11.8 Å². The third-order valence-corrected chi connectivity index (χ3v) is 8.15. The molecule has 226 valence electrons. The Morgan fingerprint density at radius 2 is 0.957 bits per heavy atom. The lowest BCUT2D eigenvalue weighted by molar-refractivity contribution is -0.173. The summed E-state index contributed by atoms with van der Waals surface area (Å²) in [5, 5.41) is 21.2. The first-order chi connectivity index (χ1) is 21.7. The molecule has 0 saturated carbocycles. The van der Waals surface area contributed by atoms with Gasteiger partial charge < -0.3 is 10.2 Å². The minimum atomic E-state index is -5.13. The number of hydrogen-bond donors (Lipinski definition) is 2. The Hall–Kier alpha value is -6.33. The van der Waals surface area contributed by atoms with Crippen LogP contribution in [0.2, 0.25) is 0 Å². The van der Waals surface area contributed by atoms with Crippen molar-refractivity contribution in [2.24, 2.45) is 0 Å². The topological polar surface area (TPSA) is 115 Å². The summed E-state index contributed by atoms with van der Waals surface area (Å²) in [6, 6.07) is 13.5. The van der Waals surface area contributed by atoms with Crippen LogP contribution in [-0.4, -0.2) is 40.0 Å². The Morgan fingerprint density at radius 1 is 0.587 bits per heavy atom. The van der Waals surface area contributed by atoms with Crippen molar-refractivity contribution in [2.75, 3.05) is 9.80 Å². The van der Waals surface area contributed by atoms with E-state index >= 15 is 13.2 Å². The number of terminal acetylenes is 2. The lowest BCUT2D eigenvalue weighted by atomic mass is 9.75. The zero-order valence-corrected chi connectivity index (χ0v) is 23.6. The summed E-state index contributed by atoms with van der Waals surface area (Å²) in [5.41, 5.74) is -4.54. The second kappa shape index (κ2) is 10.1. The molecule has 11 heteroatoms. The van der Waals surface area contributed by atoms with Gasteiger partial charge in [-0.15, -0.1) is 12.8 Å². The number of nitrogens with zero attached hydrogens (tertiary/aromatic N) is 2. The molecule has 2 aliphatic rings. The van der Waals surface area contributed by atoms with Crippen LogP contribution in [0.15, 0.2) is 72.8 Å². The van der Waals surface area contributed by atoms with Gasteiger partial charge in [-0.3, -0.25) is 19.2 Å². The first-order valence-corrected chi connectivity index (χ1v) is 13.4. The fourth-order valence-electron chi connectivity index (χ4n) is 5.65. The van der Waals surface area contributed by atoms with Crippen LogP contribution in [0.5, 0.6) is 11.5 Å². The van der Waals surface area contributed by atoms with Crippen LogP contribution >= 0.6 is 0 Å². The number of phenolic OH excluding ortho intramolecular Hbond substituents is 2. The average Bonchev–Trinajstić information content (AvgIpc) is 3.42. The third kappa shape index (κ3) is 4.29. The van der Waals surface area contributed by atoms with Gasteiger partial charge >= 0.3 is 6.18 Å². The first kappa shape index (κ1) is 29.7. The number of halogens is 3. The number of phenols is 2. The van der Waals surface area contributed by atoms with E-state index < -0.39 is 57.8 Å². The third-order valence-electron chi connectivity index (χ3n) is 8.15. The zero-order chi connectivity index (χ0) is 33.3. The molecule has 0 saturated heterocycles. The van der Waals surface area contributed by atoms with Gasteiger partial charge in [0.1, 0.15) is 16.9 Å². The van der Waals surface area contributed by atoms with Gasteiger partial charge in [0.15, 0.2) is 0 Å². The number of carbonyl (C=O) groups is 4. The number of imide groups is 2. The van der Waals surface area contributed by atoms with Crippen molar-refractivity contribution in [1.29, 1.82) is 0 Å². The largest absolute Gasteiger partial charge is 0.508 e. The number of alkyl halides is 3. The molecule has 0 spiro atoms. The van der Waals surface area contributed by atoms with E-state index in [1.807, 2.05) is 0 Å². The molecule has 2 aliphatic heterocycles. The lowest BCUT2D eigenvalue weighted by Crippen LogP contribution is -2.41. The number of hydrogen-bond acceptors (Lipinski definition) is 6. The molecule has 4 amide bonds. The van der Waals surface area contributed by atoms with Crippen LogP contribution < -0.4 is 9.80 Å². The van der Waals surface area contributed by atoms with Gasteiger partial charge in [0.25, 0.3) is 23.6 Å². The molecular weight excluding hydrogens is 601 g/mol. The Bertz CT molecular complexity index is 2010. The molecule has 46 heavy (non-hydrogen) atoms. The van der Waals surface area contributed by atoms with Crippen LogP contribution in [0.4, 0.5) is 24.5 Å². The van der Waals surface area contributed by atoms with Crippen molar-refractivity contribution in [1.82, 2.24) is 0 Å². The van der Waals surface area contributed by atoms with E-state index in [9.17, 15) is 29.4 Å². The van der Waals surface area contributed by atoms with Gasteiger partial charge in [0.2, 0.25) is 0 Å². The average molecular weight is 621 g/mol. The molecule has 0 atom stereocenters. The van der Waals surface area contributed by atoms with E-state index in [1.54, 1.807) is 0 Å². The molecular formula is C35H19F3N2O6. The first-order valence-electron chi connectivity index (χ1n) is 13.4. The van der Waals surface area contributed by atoms with E-state index in [0.29, 0.717) is 20.9 Å². The predicted molar refractivity (Wildman–Crippen MR) is 160 cm³/mol. The Labute approximate surface area is 259 Å². The molecule has 2 N–H and O–H groups in total.